The van der Waals surface area contributed by atoms with E-state index in [2.05, 4.69) is 30.9 Å². The van der Waals surface area contributed by atoms with Gasteiger partial charge in [0.15, 0.2) is 5.69 Å². The average Bonchev–Trinajstić information content (AvgIpc) is 2.97. The molecule has 3 heterocycles. The van der Waals surface area contributed by atoms with Gasteiger partial charge in [-0.1, -0.05) is 5.21 Å². The van der Waals surface area contributed by atoms with E-state index >= 15 is 0 Å². The molecule has 0 radical (unpaired) electrons. The van der Waals surface area contributed by atoms with E-state index in [0.717, 1.165) is 18.8 Å². The number of aromatic amines is 1. The highest BCUT2D eigenvalue weighted by Gasteiger charge is 2.21. The Labute approximate surface area is 109 Å². The van der Waals surface area contributed by atoms with Crippen LogP contribution in [0.3, 0.4) is 0 Å². The maximum atomic E-state index is 11.8. The van der Waals surface area contributed by atoms with Gasteiger partial charge in [-0.05, 0) is 0 Å². The number of nitrogens with one attached hydrogen (secondary N) is 3. The van der Waals surface area contributed by atoms with E-state index < -0.39 is 0 Å². The molecule has 19 heavy (non-hydrogen) atoms. The first-order valence-electron chi connectivity index (χ1n) is 6.21. The van der Waals surface area contributed by atoms with Crippen molar-refractivity contribution in [3.8, 4) is 0 Å². The second-order valence-corrected chi connectivity index (χ2v) is 4.48. The zero-order chi connectivity index (χ0) is 13.1. The highest BCUT2D eigenvalue weighted by molar-refractivity contribution is 5.91. The molecule has 3 rings (SSSR count). The standard InChI is InChI=1S/C11H15N7O/c19-11(14-2-1-8-3-13-7-15-8)10-6-18(17-16-10)9-4-12-5-9/h3,6-7,9,12H,1-2,4-5H2,(H,13,15)(H,14,19). The number of hydrogen-bond donors (Lipinski definition) is 3. The first-order chi connectivity index (χ1) is 9.33. The summed E-state index contributed by atoms with van der Waals surface area (Å²) in [7, 11) is 0. The molecule has 8 heteroatoms. The van der Waals surface area contributed by atoms with Crippen LogP contribution in [0.5, 0.6) is 0 Å². The van der Waals surface area contributed by atoms with Crippen molar-refractivity contribution in [3.05, 3.63) is 30.1 Å². The molecule has 1 aliphatic rings. The minimum Gasteiger partial charge on any atom is -0.350 e. The molecule has 0 atom stereocenters. The van der Waals surface area contributed by atoms with E-state index in [9.17, 15) is 4.79 Å². The lowest BCUT2D eigenvalue weighted by atomic mass is 10.2. The van der Waals surface area contributed by atoms with Crippen molar-refractivity contribution in [2.24, 2.45) is 0 Å². The molecular formula is C11H15N7O. The summed E-state index contributed by atoms with van der Waals surface area (Å²) in [4.78, 5) is 18.7. The first-order valence-corrected chi connectivity index (χ1v) is 6.21. The summed E-state index contributed by atoms with van der Waals surface area (Å²) in [5.74, 6) is -0.196. The lowest BCUT2D eigenvalue weighted by molar-refractivity contribution is 0.0949. The van der Waals surface area contributed by atoms with Crippen LogP contribution in [0.15, 0.2) is 18.7 Å². The van der Waals surface area contributed by atoms with Gasteiger partial charge in [-0.15, -0.1) is 5.10 Å². The van der Waals surface area contributed by atoms with Gasteiger partial charge in [-0.3, -0.25) is 4.79 Å². The monoisotopic (exact) mass is 261 g/mol. The molecule has 8 nitrogen and oxygen atoms in total. The molecule has 0 bridgehead atoms. The third-order valence-electron chi connectivity index (χ3n) is 3.11. The van der Waals surface area contributed by atoms with Crippen molar-refractivity contribution in [3.63, 3.8) is 0 Å². The maximum absolute atomic E-state index is 11.8. The van der Waals surface area contributed by atoms with Crippen LogP contribution in [-0.4, -0.2) is 50.5 Å². The van der Waals surface area contributed by atoms with Gasteiger partial charge in [0.05, 0.1) is 18.6 Å². The normalized spacial score (nSPS) is 15.2. The fourth-order valence-corrected chi connectivity index (χ4v) is 1.84. The van der Waals surface area contributed by atoms with Gasteiger partial charge in [0.2, 0.25) is 0 Å². The van der Waals surface area contributed by atoms with E-state index in [-0.39, 0.29) is 5.91 Å². The van der Waals surface area contributed by atoms with Gasteiger partial charge in [-0.25, -0.2) is 9.67 Å². The number of imidazole rings is 1. The van der Waals surface area contributed by atoms with Crippen LogP contribution >= 0.6 is 0 Å². The fraction of sp³-hybridized carbons (Fsp3) is 0.455. The topological polar surface area (TPSA) is 101 Å². The van der Waals surface area contributed by atoms with Crippen LogP contribution in [-0.2, 0) is 6.42 Å². The summed E-state index contributed by atoms with van der Waals surface area (Å²) in [6, 6.07) is 0.319. The second-order valence-electron chi connectivity index (χ2n) is 4.48. The smallest absolute Gasteiger partial charge is 0.273 e. The van der Waals surface area contributed by atoms with E-state index in [1.54, 1.807) is 23.4 Å². The van der Waals surface area contributed by atoms with Crippen LogP contribution in [0.4, 0.5) is 0 Å². The maximum Gasteiger partial charge on any atom is 0.273 e. The number of H-pyrrole nitrogens is 1. The van der Waals surface area contributed by atoms with Crippen molar-refractivity contribution in [2.45, 2.75) is 12.5 Å². The number of amides is 1. The summed E-state index contributed by atoms with van der Waals surface area (Å²) in [6.07, 6.45) is 5.77. The largest absolute Gasteiger partial charge is 0.350 e. The summed E-state index contributed by atoms with van der Waals surface area (Å²) < 4.78 is 1.74. The molecule has 100 valence electrons. The summed E-state index contributed by atoms with van der Waals surface area (Å²) in [5, 5.41) is 13.8. The van der Waals surface area contributed by atoms with Gasteiger partial charge in [-0.2, -0.15) is 0 Å². The number of carbonyl (C=O) groups is 1. The van der Waals surface area contributed by atoms with Crippen LogP contribution < -0.4 is 10.6 Å². The zero-order valence-corrected chi connectivity index (χ0v) is 10.3. The Morgan fingerprint density at radius 1 is 1.53 bits per heavy atom. The highest BCUT2D eigenvalue weighted by Crippen LogP contribution is 2.09. The van der Waals surface area contributed by atoms with Crippen molar-refractivity contribution >= 4 is 5.91 Å². The molecule has 0 saturated carbocycles. The van der Waals surface area contributed by atoms with Crippen LogP contribution in [0.1, 0.15) is 22.2 Å². The molecule has 3 N–H and O–H groups in total. The number of hydrogen-bond acceptors (Lipinski definition) is 5. The molecule has 0 spiro atoms. The van der Waals surface area contributed by atoms with Crippen molar-refractivity contribution in [1.29, 1.82) is 0 Å². The third-order valence-corrected chi connectivity index (χ3v) is 3.11. The minimum absolute atomic E-state index is 0.196. The summed E-state index contributed by atoms with van der Waals surface area (Å²) in [5.41, 5.74) is 1.35. The van der Waals surface area contributed by atoms with Crippen LogP contribution in [0, 0.1) is 0 Å². The highest BCUT2D eigenvalue weighted by atomic mass is 16.2. The third kappa shape index (κ3) is 2.63. The van der Waals surface area contributed by atoms with Crippen molar-refractivity contribution < 1.29 is 4.79 Å². The molecule has 1 fully saturated rings. The van der Waals surface area contributed by atoms with Gasteiger partial charge >= 0.3 is 0 Å². The molecule has 0 aliphatic carbocycles. The van der Waals surface area contributed by atoms with Crippen LogP contribution in [0.2, 0.25) is 0 Å². The Bertz CT molecular complexity index is 543. The fourth-order valence-electron chi connectivity index (χ4n) is 1.84. The quantitative estimate of drug-likeness (QED) is 0.649. The molecule has 1 aliphatic heterocycles. The Morgan fingerprint density at radius 2 is 2.42 bits per heavy atom. The molecule has 0 unspecified atom stereocenters. The molecule has 2 aromatic heterocycles. The second kappa shape index (κ2) is 5.19. The number of carbonyl (C=O) groups excluding carboxylic acids is 1. The van der Waals surface area contributed by atoms with E-state index in [0.29, 0.717) is 24.7 Å². The lowest BCUT2D eigenvalue weighted by Crippen LogP contribution is -2.43. The molecule has 0 aromatic carbocycles. The van der Waals surface area contributed by atoms with Gasteiger partial charge in [0.1, 0.15) is 0 Å². The van der Waals surface area contributed by atoms with Gasteiger partial charge < -0.3 is 15.6 Å². The SMILES string of the molecule is O=C(NCCc1cnc[nH]1)c1cn(C2CNC2)nn1. The summed E-state index contributed by atoms with van der Waals surface area (Å²) >= 11 is 0. The zero-order valence-electron chi connectivity index (χ0n) is 10.3. The Kier molecular flexibility index (Phi) is 3.23. The number of aromatic nitrogens is 5. The molecule has 1 saturated heterocycles. The van der Waals surface area contributed by atoms with E-state index in [4.69, 9.17) is 0 Å². The minimum atomic E-state index is -0.196. The van der Waals surface area contributed by atoms with E-state index in [1.165, 1.54) is 0 Å². The van der Waals surface area contributed by atoms with Crippen LogP contribution in [0.25, 0.3) is 0 Å². The number of nitrogens with zero attached hydrogens (tertiary/aromatic N) is 4. The first kappa shape index (κ1) is 11.8. The molecular weight excluding hydrogens is 246 g/mol. The number of rotatable bonds is 5. The molecule has 2 aromatic rings. The summed E-state index contributed by atoms with van der Waals surface area (Å²) in [6.45, 7) is 2.30. The van der Waals surface area contributed by atoms with E-state index in [1.807, 2.05) is 0 Å². The average molecular weight is 261 g/mol. The predicted molar refractivity (Wildman–Crippen MR) is 66.6 cm³/mol. The van der Waals surface area contributed by atoms with Gasteiger partial charge in [0.25, 0.3) is 5.91 Å². The Morgan fingerprint density at radius 3 is 3.11 bits per heavy atom. The molecule has 1 amide bonds. The Hall–Kier alpha value is -2.22. The predicted octanol–water partition coefficient (Wildman–Crippen LogP) is -0.882. The van der Waals surface area contributed by atoms with Crippen molar-refractivity contribution in [2.75, 3.05) is 19.6 Å². The van der Waals surface area contributed by atoms with Gasteiger partial charge in [0, 0.05) is 37.9 Å². The Balaban J connectivity index is 1.50. The van der Waals surface area contributed by atoms with Crippen molar-refractivity contribution in [1.82, 2.24) is 35.6 Å². The lowest BCUT2D eigenvalue weighted by Gasteiger charge is -2.26.